The van der Waals surface area contributed by atoms with Gasteiger partial charge in [0.2, 0.25) is 0 Å². The smallest absolute Gasteiger partial charge is 0.294 e. The van der Waals surface area contributed by atoms with Crippen LogP contribution in [0.2, 0.25) is 0 Å². The van der Waals surface area contributed by atoms with Crippen LogP contribution in [0.3, 0.4) is 0 Å². The number of amides is 2. The first-order chi connectivity index (χ1) is 8.91. The molecule has 0 aromatic carbocycles. The summed E-state index contributed by atoms with van der Waals surface area (Å²) in [6, 6.07) is 1.54. The van der Waals surface area contributed by atoms with E-state index >= 15 is 0 Å². The fourth-order valence-electron chi connectivity index (χ4n) is 1.62. The highest BCUT2D eigenvalue weighted by Gasteiger charge is 2.22. The predicted molar refractivity (Wildman–Crippen MR) is 64.7 cm³/mol. The van der Waals surface area contributed by atoms with E-state index in [1.165, 1.54) is 37.5 Å². The van der Waals surface area contributed by atoms with Crippen molar-refractivity contribution in [2.45, 2.75) is 0 Å². The molecule has 0 fully saturated rings. The van der Waals surface area contributed by atoms with Crippen molar-refractivity contribution < 1.29 is 14.1 Å². The van der Waals surface area contributed by atoms with Gasteiger partial charge in [0.25, 0.3) is 18.1 Å². The van der Waals surface area contributed by atoms with Gasteiger partial charge in [0.05, 0.1) is 11.8 Å². The molecule has 0 N–H and O–H groups in total. The standard InChI is InChI=1S/C11H15N6O2/c1-14(2)10(18)8-5-9(11(19)15(3)4)16-7-12-13-17(16)6-8/h5-7H,1-4H3/q+1. The summed E-state index contributed by atoms with van der Waals surface area (Å²) in [7, 11) is 6.58. The number of nitrogens with zero attached hydrogens (tertiary/aromatic N) is 6. The minimum atomic E-state index is -0.231. The number of fused-ring (bicyclic) bond motifs is 1. The van der Waals surface area contributed by atoms with E-state index < -0.39 is 0 Å². The molecule has 8 nitrogen and oxygen atoms in total. The monoisotopic (exact) mass is 263 g/mol. The van der Waals surface area contributed by atoms with Gasteiger partial charge in [-0.3, -0.25) is 9.59 Å². The highest BCUT2D eigenvalue weighted by molar-refractivity contribution is 5.97. The number of aromatic nitrogens is 4. The SMILES string of the molecule is CN(C)C(=O)c1cc(C(=O)N(C)C)[n+]2cnnn2c1. The maximum Gasteiger partial charge on any atom is 0.294 e. The van der Waals surface area contributed by atoms with E-state index in [4.69, 9.17) is 0 Å². The van der Waals surface area contributed by atoms with Crippen LogP contribution in [0.4, 0.5) is 0 Å². The number of rotatable bonds is 2. The third-order valence-corrected chi connectivity index (χ3v) is 2.60. The first kappa shape index (κ1) is 12.9. The van der Waals surface area contributed by atoms with Gasteiger partial charge in [0.15, 0.2) is 10.9 Å². The Morgan fingerprint density at radius 2 is 1.79 bits per heavy atom. The number of carbonyl (C=O) groups excluding carboxylic acids is 2. The molecule has 0 aliphatic rings. The lowest BCUT2D eigenvalue weighted by Crippen LogP contribution is -2.40. The van der Waals surface area contributed by atoms with Gasteiger partial charge in [-0.25, -0.2) is 0 Å². The van der Waals surface area contributed by atoms with Gasteiger partial charge in [-0.15, -0.1) is 4.52 Å². The molecule has 8 heteroatoms. The lowest BCUT2D eigenvalue weighted by Gasteiger charge is -2.12. The van der Waals surface area contributed by atoms with Crippen LogP contribution in [0.15, 0.2) is 18.6 Å². The summed E-state index contributed by atoms with van der Waals surface area (Å²) in [5, 5.41) is 7.54. The Kier molecular flexibility index (Phi) is 3.16. The van der Waals surface area contributed by atoms with Gasteiger partial charge in [-0.05, 0) is 10.7 Å². The molecule has 100 valence electrons. The largest absolute Gasteiger partial charge is 0.345 e. The second-order valence-corrected chi connectivity index (χ2v) is 4.50. The van der Waals surface area contributed by atoms with Crippen LogP contribution in [0.1, 0.15) is 20.8 Å². The van der Waals surface area contributed by atoms with Gasteiger partial charge in [0, 0.05) is 28.2 Å². The normalized spacial score (nSPS) is 10.5. The van der Waals surface area contributed by atoms with Gasteiger partial charge < -0.3 is 9.80 Å². The molecule has 19 heavy (non-hydrogen) atoms. The van der Waals surface area contributed by atoms with Crippen LogP contribution in [-0.4, -0.2) is 64.7 Å². The van der Waals surface area contributed by atoms with Crippen molar-refractivity contribution in [2.75, 3.05) is 28.2 Å². The second kappa shape index (κ2) is 4.63. The molecule has 0 spiro atoms. The fourth-order valence-corrected chi connectivity index (χ4v) is 1.62. The molecule has 0 radical (unpaired) electrons. The molecule has 0 saturated heterocycles. The summed E-state index contributed by atoms with van der Waals surface area (Å²) >= 11 is 0. The molecule has 2 aromatic heterocycles. The zero-order chi connectivity index (χ0) is 14.2. The lowest BCUT2D eigenvalue weighted by molar-refractivity contribution is -0.626. The molecule has 0 bridgehead atoms. The molecule has 0 aliphatic carbocycles. The van der Waals surface area contributed by atoms with E-state index in [0.717, 1.165) is 0 Å². The highest BCUT2D eigenvalue weighted by atomic mass is 16.2. The molecular formula is C11H15N6O2+. The zero-order valence-corrected chi connectivity index (χ0v) is 11.2. The van der Waals surface area contributed by atoms with E-state index in [0.29, 0.717) is 11.3 Å². The number of carbonyl (C=O) groups is 2. The fraction of sp³-hybridized carbons (Fsp3) is 0.364. The minimum Gasteiger partial charge on any atom is -0.345 e. The van der Waals surface area contributed by atoms with Crippen molar-refractivity contribution in [3.8, 4) is 0 Å². The van der Waals surface area contributed by atoms with Gasteiger partial charge in [-0.2, -0.15) is 0 Å². The topological polar surface area (TPSA) is 74.9 Å². The average Bonchev–Trinajstić information content (AvgIpc) is 2.83. The van der Waals surface area contributed by atoms with Crippen molar-refractivity contribution in [3.63, 3.8) is 0 Å². The van der Waals surface area contributed by atoms with E-state index in [9.17, 15) is 9.59 Å². The average molecular weight is 263 g/mol. The molecular weight excluding hydrogens is 248 g/mol. The Balaban J connectivity index is 2.64. The highest BCUT2D eigenvalue weighted by Crippen LogP contribution is 2.04. The van der Waals surface area contributed by atoms with Crippen LogP contribution in [0, 0.1) is 0 Å². The molecule has 0 unspecified atom stereocenters. The molecule has 2 amide bonds. The molecule has 0 saturated carbocycles. The Morgan fingerprint density at radius 3 is 2.37 bits per heavy atom. The maximum absolute atomic E-state index is 12.1. The lowest BCUT2D eigenvalue weighted by atomic mass is 10.2. The Hall–Kier alpha value is -2.51. The van der Waals surface area contributed by atoms with Gasteiger partial charge in [0.1, 0.15) is 5.10 Å². The van der Waals surface area contributed by atoms with Crippen LogP contribution in [0.25, 0.3) is 0 Å². The summed E-state index contributed by atoms with van der Waals surface area (Å²) in [6.45, 7) is 0. The Morgan fingerprint density at radius 1 is 1.16 bits per heavy atom. The summed E-state index contributed by atoms with van der Waals surface area (Å²) in [6.07, 6.45) is 2.95. The molecule has 0 aliphatic heterocycles. The summed E-state index contributed by atoms with van der Waals surface area (Å²) in [5.74, 6) is -0.434. The molecule has 0 atom stereocenters. The molecule has 2 aromatic rings. The third-order valence-electron chi connectivity index (χ3n) is 2.60. The van der Waals surface area contributed by atoms with Crippen molar-refractivity contribution in [2.24, 2.45) is 0 Å². The van der Waals surface area contributed by atoms with Crippen LogP contribution in [-0.2, 0) is 0 Å². The number of tetrazole rings is 1. The number of hydrogen-bond acceptors (Lipinski definition) is 4. The van der Waals surface area contributed by atoms with E-state index in [2.05, 4.69) is 10.3 Å². The third kappa shape index (κ3) is 2.24. The van der Waals surface area contributed by atoms with E-state index in [1.807, 2.05) is 0 Å². The minimum absolute atomic E-state index is 0.203. The zero-order valence-electron chi connectivity index (χ0n) is 11.2. The van der Waals surface area contributed by atoms with Crippen LogP contribution in [0.5, 0.6) is 0 Å². The maximum atomic E-state index is 12.1. The van der Waals surface area contributed by atoms with Crippen molar-refractivity contribution in [1.29, 1.82) is 0 Å². The Bertz CT molecular complexity index is 646. The molecule has 2 heterocycles. The first-order valence-electron chi connectivity index (χ1n) is 5.61. The first-order valence-corrected chi connectivity index (χ1v) is 5.61. The summed E-state index contributed by atoms with van der Waals surface area (Å²) in [4.78, 5) is 27.0. The quantitative estimate of drug-likeness (QED) is 0.632. The predicted octanol–water partition coefficient (Wildman–Crippen LogP) is -1.28. The van der Waals surface area contributed by atoms with Crippen molar-refractivity contribution >= 4 is 11.8 Å². The van der Waals surface area contributed by atoms with Crippen molar-refractivity contribution in [3.05, 3.63) is 29.8 Å². The summed E-state index contributed by atoms with van der Waals surface area (Å²) < 4.78 is 2.84. The van der Waals surface area contributed by atoms with Crippen LogP contribution < -0.4 is 4.52 Å². The summed E-state index contributed by atoms with van der Waals surface area (Å²) in [5.41, 5.74) is 0.698. The van der Waals surface area contributed by atoms with Gasteiger partial charge >= 0.3 is 0 Å². The van der Waals surface area contributed by atoms with E-state index in [1.54, 1.807) is 28.2 Å². The van der Waals surface area contributed by atoms with Crippen LogP contribution >= 0.6 is 0 Å². The van der Waals surface area contributed by atoms with Gasteiger partial charge in [-0.1, -0.05) is 0 Å². The van der Waals surface area contributed by atoms with Crippen molar-refractivity contribution in [1.82, 2.24) is 24.7 Å². The molecule has 2 rings (SSSR count). The number of hydrogen-bond donors (Lipinski definition) is 0. The van der Waals surface area contributed by atoms with E-state index in [-0.39, 0.29) is 11.8 Å². The Labute approximate surface area is 109 Å². The second-order valence-electron chi connectivity index (χ2n) is 4.50.